The Labute approximate surface area is 175 Å². The first kappa shape index (κ1) is 21.6. The van der Waals surface area contributed by atoms with Crippen molar-refractivity contribution in [1.82, 2.24) is 0 Å². The molecule has 1 aromatic rings. The second-order valence-electron chi connectivity index (χ2n) is 8.77. The second kappa shape index (κ2) is 7.29. The van der Waals surface area contributed by atoms with Gasteiger partial charge in [-0.1, -0.05) is 0 Å². The van der Waals surface area contributed by atoms with Gasteiger partial charge in [-0.25, -0.2) is 0 Å². The van der Waals surface area contributed by atoms with Gasteiger partial charge in [0, 0.05) is 0 Å². The second-order valence-corrected chi connectivity index (χ2v) is 14.0. The summed E-state index contributed by atoms with van der Waals surface area (Å²) < 4.78 is 25.7. The predicted molar refractivity (Wildman–Crippen MR) is 111 cm³/mol. The molecule has 0 heterocycles. The van der Waals surface area contributed by atoms with E-state index in [1.54, 1.807) is 43.3 Å². The molecule has 1 N–H and O–H groups in total. The first-order chi connectivity index (χ1) is 13.1. The summed E-state index contributed by atoms with van der Waals surface area (Å²) in [4.78, 5) is 0.181. The number of hydrogen-bond donors (Lipinski definition) is 1. The van der Waals surface area contributed by atoms with Gasteiger partial charge in [-0.15, -0.1) is 0 Å². The van der Waals surface area contributed by atoms with Gasteiger partial charge in [-0.05, 0) is 0 Å². The molecule has 5 atom stereocenters. The van der Waals surface area contributed by atoms with Gasteiger partial charge in [0.2, 0.25) is 0 Å². The Morgan fingerprint density at radius 3 is 2.54 bits per heavy atom. The molecule has 2 saturated carbocycles. The first-order valence-corrected chi connectivity index (χ1v) is 13.3. The number of rotatable bonds is 7. The van der Waals surface area contributed by atoms with E-state index < -0.39 is 40.5 Å². The number of aliphatic hydroxyl groups excluding tert-OH is 1. The van der Waals surface area contributed by atoms with Crippen molar-refractivity contribution in [2.75, 3.05) is 0 Å². The third-order valence-corrected chi connectivity index (χ3v) is 14.9. The third kappa shape index (κ3) is 2.82. The molecule has 2 aliphatic carbocycles. The molecule has 0 saturated heterocycles. The molecule has 0 spiro atoms. The quantitative estimate of drug-likeness (QED) is 0.490. The topological polar surface area (TPSA) is 78.2 Å². The van der Waals surface area contributed by atoms with Crippen LogP contribution in [0.2, 0.25) is 5.32 Å². The van der Waals surface area contributed by atoms with Crippen molar-refractivity contribution in [2.45, 2.75) is 60.0 Å². The van der Waals surface area contributed by atoms with Crippen LogP contribution in [0.5, 0.6) is 0 Å². The van der Waals surface area contributed by atoms with Crippen LogP contribution in [-0.4, -0.2) is 38.2 Å². The molecular weight excluding hydrogens is 437 g/mol. The van der Waals surface area contributed by atoms with Crippen LogP contribution < -0.4 is 0 Å². The van der Waals surface area contributed by atoms with E-state index in [1.165, 1.54) is 0 Å². The molecule has 0 aliphatic heterocycles. The Hall–Kier alpha value is -1.12. The Morgan fingerprint density at radius 2 is 2.07 bits per heavy atom. The molecule has 0 amide bonds. The molecule has 0 radical (unpaired) electrons. The van der Waals surface area contributed by atoms with Gasteiger partial charge in [0.1, 0.15) is 0 Å². The number of nitrogens with zero attached hydrogens (tertiary/aromatic N) is 1. The van der Waals surface area contributed by atoms with Crippen LogP contribution in [0.3, 0.4) is 0 Å². The normalized spacial score (nSPS) is 31.7. The van der Waals surface area contributed by atoms with Crippen LogP contribution in [0, 0.1) is 34.0 Å². The molecule has 2 fully saturated rings. The summed E-state index contributed by atoms with van der Waals surface area (Å²) in [5.41, 5.74) is -0.337. The molecule has 2 bridgehead atoms. The van der Waals surface area contributed by atoms with Crippen molar-refractivity contribution in [2.24, 2.45) is 22.7 Å². The van der Waals surface area contributed by atoms with Crippen molar-refractivity contribution in [3.8, 4) is 6.07 Å². The monoisotopic (exact) mass is 467 g/mol. The summed E-state index contributed by atoms with van der Waals surface area (Å²) in [5, 5.41) is 21.6. The fraction of sp³-hybridized carbons (Fsp3) is 0.591. The zero-order valence-electron chi connectivity index (χ0n) is 16.8. The number of benzene rings is 1. The Bertz CT molecular complexity index is 892. The maximum absolute atomic E-state index is 13.6. The number of fused-ring (bicyclic) bond motifs is 2. The van der Waals surface area contributed by atoms with Crippen molar-refractivity contribution < 1.29 is 13.5 Å². The molecule has 2 aliphatic rings. The van der Waals surface area contributed by atoms with Crippen LogP contribution in [0.15, 0.2) is 47.9 Å². The first-order valence-electron chi connectivity index (χ1n) is 9.74. The number of aliphatic hydroxyl groups is 1. The van der Waals surface area contributed by atoms with Crippen LogP contribution >= 0.6 is 0 Å². The summed E-state index contributed by atoms with van der Waals surface area (Å²) in [7, 11) is -3.88. The average Bonchev–Trinajstić information content (AvgIpc) is 3.04. The number of nitriles is 1. The molecule has 1 aromatic carbocycles. The van der Waals surface area contributed by atoms with E-state index >= 15 is 0 Å². The van der Waals surface area contributed by atoms with E-state index in [-0.39, 0.29) is 15.7 Å². The van der Waals surface area contributed by atoms with E-state index in [2.05, 4.69) is 26.5 Å². The average molecular weight is 467 g/mol. The standard InChI is InChI=1S/C22H29NO3SSe/c1-5-16(2)22(14-23,27(25,26)18-9-7-6-8-10-18)28-15-21-12-11-17(13-19(21)24)20(21,3)4/h5-10,16-17,19,24H,1,11-13,15H2,2-4H3/t16-,17-,19+,21+,22-/m0/s1. The number of allylic oxidation sites excluding steroid dienone is 1. The molecule has 0 aromatic heterocycles. The van der Waals surface area contributed by atoms with Gasteiger partial charge in [0.25, 0.3) is 0 Å². The fourth-order valence-corrected chi connectivity index (χ4v) is 12.2. The molecule has 0 unspecified atom stereocenters. The van der Waals surface area contributed by atoms with Gasteiger partial charge < -0.3 is 0 Å². The minimum atomic E-state index is -3.88. The van der Waals surface area contributed by atoms with Gasteiger partial charge in [-0.2, -0.15) is 0 Å². The van der Waals surface area contributed by atoms with Gasteiger partial charge in [-0.3, -0.25) is 0 Å². The Kier molecular flexibility index (Phi) is 5.62. The SMILES string of the molecule is C=C[C@H](C)[C@](C#N)([Se]C[C@]12CC[C@@H](C[C@H]1O)C2(C)C)S(=O)(=O)c1ccccc1. The molecule has 28 heavy (non-hydrogen) atoms. The molecular formula is C22H29NO3SSe. The van der Waals surface area contributed by atoms with Gasteiger partial charge in [0.05, 0.1) is 0 Å². The third-order valence-electron chi connectivity index (χ3n) is 7.49. The number of sulfone groups is 1. The maximum atomic E-state index is 13.6. The predicted octanol–water partition coefficient (Wildman–Crippen LogP) is 3.81. The zero-order valence-corrected chi connectivity index (χ0v) is 19.3. The fourth-order valence-electron chi connectivity index (χ4n) is 5.19. The van der Waals surface area contributed by atoms with Crippen molar-refractivity contribution >= 4 is 24.8 Å². The van der Waals surface area contributed by atoms with Gasteiger partial charge >= 0.3 is 175 Å². The van der Waals surface area contributed by atoms with Crippen molar-refractivity contribution in [1.29, 1.82) is 5.26 Å². The zero-order chi connectivity index (χ0) is 20.8. The molecule has 4 nitrogen and oxygen atoms in total. The molecule has 152 valence electrons. The van der Waals surface area contributed by atoms with E-state index in [4.69, 9.17) is 0 Å². The van der Waals surface area contributed by atoms with Crippen LogP contribution in [0.1, 0.15) is 40.0 Å². The van der Waals surface area contributed by atoms with Crippen molar-refractivity contribution in [3.05, 3.63) is 43.0 Å². The van der Waals surface area contributed by atoms with Crippen LogP contribution in [-0.2, 0) is 9.84 Å². The van der Waals surface area contributed by atoms with E-state index in [0.29, 0.717) is 11.2 Å². The Morgan fingerprint density at radius 1 is 1.43 bits per heavy atom. The van der Waals surface area contributed by atoms with E-state index in [9.17, 15) is 18.8 Å². The summed E-state index contributed by atoms with van der Waals surface area (Å²) >= 11 is -0.540. The van der Waals surface area contributed by atoms with E-state index in [1.807, 2.05) is 0 Å². The summed E-state index contributed by atoms with van der Waals surface area (Å²) in [6.07, 6.45) is 3.92. The van der Waals surface area contributed by atoms with E-state index in [0.717, 1.165) is 19.3 Å². The number of hydrogen-bond acceptors (Lipinski definition) is 4. The summed E-state index contributed by atoms with van der Waals surface area (Å²) in [6.45, 7) is 9.97. The molecule has 3 rings (SSSR count). The van der Waals surface area contributed by atoms with Gasteiger partial charge in [0.15, 0.2) is 0 Å². The molecule has 6 heteroatoms. The van der Waals surface area contributed by atoms with Crippen LogP contribution in [0.4, 0.5) is 0 Å². The van der Waals surface area contributed by atoms with Crippen LogP contribution in [0.25, 0.3) is 0 Å². The Balaban J connectivity index is 2.03. The minimum absolute atomic E-state index is 0.0384. The summed E-state index contributed by atoms with van der Waals surface area (Å²) in [6, 6.07) is 10.5. The van der Waals surface area contributed by atoms with Crippen molar-refractivity contribution in [3.63, 3.8) is 0 Å². The summed E-state index contributed by atoms with van der Waals surface area (Å²) in [5.74, 6) is -0.0321.